The fraction of sp³-hybridized carbons (Fsp3) is 0.889. The van der Waals surface area contributed by atoms with E-state index in [4.69, 9.17) is 0 Å². The number of carbonyl (C=O) groups is 1. The molecule has 1 amide bonds. The van der Waals surface area contributed by atoms with Crippen molar-refractivity contribution in [3.05, 3.63) is 0 Å². The molecule has 0 aromatic heterocycles. The molecule has 1 aliphatic heterocycles. The van der Waals surface area contributed by atoms with Crippen molar-refractivity contribution in [1.29, 1.82) is 0 Å². The molecule has 2 rings (SSSR count). The van der Waals surface area contributed by atoms with E-state index in [1.165, 1.54) is 17.1 Å². The number of thiol groups is 1. The van der Waals surface area contributed by atoms with E-state index in [0.717, 1.165) is 38.4 Å². The highest BCUT2D eigenvalue weighted by molar-refractivity contribution is 7.78. The first-order valence-electron chi connectivity index (χ1n) is 4.98. The molecule has 0 spiro atoms. The third kappa shape index (κ3) is 2.17. The lowest BCUT2D eigenvalue weighted by Gasteiger charge is -2.34. The van der Waals surface area contributed by atoms with Crippen LogP contribution in [0.15, 0.2) is 0 Å². The number of nitrogens with zero attached hydrogens (tertiary/aromatic N) is 2. The van der Waals surface area contributed by atoms with Crippen LogP contribution in [0.2, 0.25) is 0 Å². The van der Waals surface area contributed by atoms with Gasteiger partial charge in [0.25, 0.3) is 0 Å². The Hall–Kier alpha value is -0.220. The maximum Gasteiger partial charge on any atom is 0.219 e. The third-order valence-electron chi connectivity index (χ3n) is 3.04. The Labute approximate surface area is 84.6 Å². The van der Waals surface area contributed by atoms with Gasteiger partial charge in [0.1, 0.15) is 0 Å². The summed E-state index contributed by atoms with van der Waals surface area (Å²) >= 11 is 4.12. The fourth-order valence-electron chi connectivity index (χ4n) is 2.04. The molecular formula is C9H16N2OS. The van der Waals surface area contributed by atoms with Crippen LogP contribution in [0.1, 0.15) is 25.7 Å². The van der Waals surface area contributed by atoms with E-state index in [2.05, 4.69) is 17.7 Å². The topological polar surface area (TPSA) is 23.6 Å². The number of rotatable bonds is 3. The average Bonchev–Trinajstić information content (AvgIpc) is 3.00. The van der Waals surface area contributed by atoms with Crippen molar-refractivity contribution in [3.8, 4) is 0 Å². The lowest BCUT2D eigenvalue weighted by molar-refractivity contribution is -0.115. The molecule has 0 unspecified atom stereocenters. The molecule has 0 atom stereocenters. The maximum absolute atomic E-state index is 10.5. The van der Waals surface area contributed by atoms with Gasteiger partial charge < -0.3 is 4.90 Å². The molecule has 74 valence electrons. The van der Waals surface area contributed by atoms with Crippen LogP contribution in [0.25, 0.3) is 0 Å². The Morgan fingerprint density at radius 1 is 1.23 bits per heavy atom. The lowest BCUT2D eigenvalue weighted by atomic mass is 10.1. The van der Waals surface area contributed by atoms with Crippen molar-refractivity contribution in [2.75, 3.05) is 13.1 Å². The smallest absolute Gasteiger partial charge is 0.219 e. The Morgan fingerprint density at radius 3 is 2.31 bits per heavy atom. The van der Waals surface area contributed by atoms with Crippen molar-refractivity contribution >= 4 is 19.2 Å². The van der Waals surface area contributed by atoms with Gasteiger partial charge in [-0.25, -0.2) is 0 Å². The Bertz CT molecular complexity index is 188. The highest BCUT2D eigenvalue weighted by atomic mass is 32.1. The van der Waals surface area contributed by atoms with Crippen molar-refractivity contribution in [2.45, 2.75) is 37.8 Å². The Morgan fingerprint density at radius 2 is 1.85 bits per heavy atom. The van der Waals surface area contributed by atoms with Crippen LogP contribution in [-0.4, -0.2) is 40.8 Å². The van der Waals surface area contributed by atoms with E-state index in [1.54, 1.807) is 0 Å². The van der Waals surface area contributed by atoms with Gasteiger partial charge in [-0.15, -0.1) is 0 Å². The molecule has 1 saturated carbocycles. The molecule has 0 aromatic rings. The molecular weight excluding hydrogens is 184 g/mol. The van der Waals surface area contributed by atoms with Gasteiger partial charge in [-0.05, 0) is 25.7 Å². The highest BCUT2D eigenvalue weighted by Crippen LogP contribution is 2.30. The molecule has 0 N–H and O–H groups in total. The summed E-state index contributed by atoms with van der Waals surface area (Å²) < 4.78 is 1.52. The van der Waals surface area contributed by atoms with Crippen LogP contribution in [-0.2, 0) is 4.79 Å². The van der Waals surface area contributed by atoms with Crippen LogP contribution >= 0.6 is 12.8 Å². The van der Waals surface area contributed by atoms with Gasteiger partial charge in [-0.3, -0.25) is 9.10 Å². The van der Waals surface area contributed by atoms with E-state index in [9.17, 15) is 4.79 Å². The van der Waals surface area contributed by atoms with E-state index >= 15 is 0 Å². The summed E-state index contributed by atoms with van der Waals surface area (Å²) in [6.07, 6.45) is 5.74. The average molecular weight is 200 g/mol. The number of hydrogen-bond donors (Lipinski definition) is 1. The zero-order valence-electron chi connectivity index (χ0n) is 7.72. The van der Waals surface area contributed by atoms with Crippen molar-refractivity contribution in [1.82, 2.24) is 9.21 Å². The number of amides is 1. The van der Waals surface area contributed by atoms with E-state index < -0.39 is 0 Å². The summed E-state index contributed by atoms with van der Waals surface area (Å²) in [6, 6.07) is 1.22. The number of hydrogen-bond acceptors (Lipinski definition) is 3. The summed E-state index contributed by atoms with van der Waals surface area (Å²) in [5, 5.41) is 0. The zero-order chi connectivity index (χ0) is 9.26. The summed E-state index contributed by atoms with van der Waals surface area (Å²) in [4.78, 5) is 13.0. The van der Waals surface area contributed by atoms with Crippen LogP contribution in [0.5, 0.6) is 0 Å². The molecule has 0 bridgehead atoms. The monoisotopic (exact) mass is 200 g/mol. The SMILES string of the molecule is O=CN(S)C1CCN(C2CC2)CC1. The molecule has 2 fully saturated rings. The van der Waals surface area contributed by atoms with Crippen molar-refractivity contribution < 1.29 is 4.79 Å². The second kappa shape index (κ2) is 3.88. The zero-order valence-corrected chi connectivity index (χ0v) is 8.62. The Kier molecular flexibility index (Phi) is 2.79. The molecule has 2 aliphatic rings. The molecule has 13 heavy (non-hydrogen) atoms. The first kappa shape index (κ1) is 9.34. The largest absolute Gasteiger partial charge is 0.300 e. The number of likely N-dealkylation sites (tertiary alicyclic amines) is 1. The van der Waals surface area contributed by atoms with Crippen molar-refractivity contribution in [3.63, 3.8) is 0 Å². The molecule has 3 nitrogen and oxygen atoms in total. The molecule has 4 heteroatoms. The van der Waals surface area contributed by atoms with E-state index in [1.807, 2.05) is 0 Å². The first-order chi connectivity index (χ1) is 6.31. The van der Waals surface area contributed by atoms with Gasteiger partial charge in [0.2, 0.25) is 6.41 Å². The Balaban J connectivity index is 1.77. The van der Waals surface area contributed by atoms with Gasteiger partial charge >= 0.3 is 0 Å². The molecule has 1 aliphatic carbocycles. The highest BCUT2D eigenvalue weighted by Gasteiger charge is 2.32. The van der Waals surface area contributed by atoms with Gasteiger partial charge in [0.15, 0.2) is 0 Å². The second-order valence-electron chi connectivity index (χ2n) is 3.98. The minimum atomic E-state index is 0.357. The molecule has 0 aromatic carbocycles. The normalized spacial score (nSPS) is 25.9. The van der Waals surface area contributed by atoms with Gasteiger partial charge in [-0.2, -0.15) is 0 Å². The van der Waals surface area contributed by atoms with Crippen LogP contribution in [0.4, 0.5) is 0 Å². The van der Waals surface area contributed by atoms with Gasteiger partial charge in [-0.1, -0.05) is 12.8 Å². The van der Waals surface area contributed by atoms with E-state index in [0.29, 0.717) is 6.04 Å². The molecule has 1 heterocycles. The summed E-state index contributed by atoms with van der Waals surface area (Å²) in [7, 11) is 0. The maximum atomic E-state index is 10.5. The number of carbonyl (C=O) groups excluding carboxylic acids is 1. The fourth-order valence-corrected chi connectivity index (χ4v) is 2.27. The van der Waals surface area contributed by atoms with Gasteiger partial charge in [0.05, 0.1) is 0 Å². The standard InChI is InChI=1S/C9H16N2OS/c12-7-11(13)9-3-5-10(6-4-9)8-1-2-8/h7-9,13H,1-6H2. The molecule has 0 radical (unpaired) electrons. The van der Waals surface area contributed by atoms with Crippen LogP contribution in [0.3, 0.4) is 0 Å². The predicted molar refractivity (Wildman–Crippen MR) is 54.5 cm³/mol. The van der Waals surface area contributed by atoms with Gasteiger partial charge in [0, 0.05) is 25.2 Å². The van der Waals surface area contributed by atoms with E-state index in [-0.39, 0.29) is 0 Å². The van der Waals surface area contributed by atoms with Crippen LogP contribution < -0.4 is 0 Å². The van der Waals surface area contributed by atoms with Crippen LogP contribution in [0, 0.1) is 0 Å². The lowest BCUT2D eigenvalue weighted by Crippen LogP contribution is -2.42. The quantitative estimate of drug-likeness (QED) is 0.541. The minimum Gasteiger partial charge on any atom is -0.300 e. The minimum absolute atomic E-state index is 0.357. The third-order valence-corrected chi connectivity index (χ3v) is 3.47. The second-order valence-corrected chi connectivity index (χ2v) is 4.45. The summed E-state index contributed by atoms with van der Waals surface area (Å²) in [6.45, 7) is 2.28. The predicted octanol–water partition coefficient (Wildman–Crippen LogP) is 0.916. The summed E-state index contributed by atoms with van der Waals surface area (Å²) in [5.41, 5.74) is 0. The molecule has 1 saturated heterocycles. The summed E-state index contributed by atoms with van der Waals surface area (Å²) in [5.74, 6) is 0. The first-order valence-corrected chi connectivity index (χ1v) is 5.38. The van der Waals surface area contributed by atoms with Crippen molar-refractivity contribution in [2.24, 2.45) is 0 Å². The number of piperidine rings is 1.